The normalized spacial score (nSPS) is 12.0. The highest BCUT2D eigenvalue weighted by Gasteiger charge is 2.34. The van der Waals surface area contributed by atoms with Gasteiger partial charge in [-0.05, 0) is 48.7 Å². The summed E-state index contributed by atoms with van der Waals surface area (Å²) in [5.74, 6) is -0.957. The Morgan fingerprint density at radius 2 is 1.51 bits per heavy atom. The number of rotatable bonds is 13. The van der Waals surface area contributed by atoms with Crippen LogP contribution in [-0.4, -0.2) is 50.5 Å². The van der Waals surface area contributed by atoms with Crippen molar-refractivity contribution >= 4 is 62.3 Å². The molecule has 0 fully saturated rings. The van der Waals surface area contributed by atoms with Crippen molar-refractivity contribution in [1.29, 1.82) is 0 Å². The standard InChI is InChI=1S/C30H34Cl3N3O4S/c1-4-5-17-34-30(38)28(18-22-11-7-6-8-12-22)35(19-23-25(32)14-9-15-26(23)33)29(37)20-36(41(3,39)40)27-16-10-13-24(31)21(27)2/h6-16,28H,4-5,17-20H2,1-3H3,(H,34,38)/t28-/m0/s1. The van der Waals surface area contributed by atoms with Crippen molar-refractivity contribution in [2.75, 3.05) is 23.7 Å². The molecule has 3 aromatic rings. The van der Waals surface area contributed by atoms with Crippen molar-refractivity contribution in [2.24, 2.45) is 0 Å². The van der Waals surface area contributed by atoms with Crippen molar-refractivity contribution in [3.63, 3.8) is 0 Å². The van der Waals surface area contributed by atoms with Gasteiger partial charge in [0.2, 0.25) is 21.8 Å². The SMILES string of the molecule is CCCCNC(=O)[C@H](Cc1ccccc1)N(Cc1c(Cl)cccc1Cl)C(=O)CN(c1cccc(Cl)c1C)S(C)(=O)=O. The second kappa shape index (κ2) is 14.9. The molecule has 220 valence electrons. The molecule has 0 aliphatic carbocycles. The highest BCUT2D eigenvalue weighted by Crippen LogP contribution is 2.30. The molecule has 3 aromatic carbocycles. The minimum absolute atomic E-state index is 0.109. The van der Waals surface area contributed by atoms with Crippen LogP contribution in [0.25, 0.3) is 0 Å². The van der Waals surface area contributed by atoms with Crippen molar-refractivity contribution < 1.29 is 18.0 Å². The summed E-state index contributed by atoms with van der Waals surface area (Å²) < 4.78 is 27.0. The molecule has 0 aliphatic rings. The summed E-state index contributed by atoms with van der Waals surface area (Å²) >= 11 is 19.3. The fourth-order valence-corrected chi connectivity index (χ4v) is 5.96. The predicted octanol–water partition coefficient (Wildman–Crippen LogP) is 6.28. The number of benzene rings is 3. The first-order chi connectivity index (χ1) is 19.4. The summed E-state index contributed by atoms with van der Waals surface area (Å²) in [4.78, 5) is 29.2. The average Bonchev–Trinajstić information content (AvgIpc) is 2.92. The van der Waals surface area contributed by atoms with Gasteiger partial charge >= 0.3 is 0 Å². The molecular formula is C30H34Cl3N3O4S. The first-order valence-corrected chi connectivity index (χ1v) is 16.2. The summed E-state index contributed by atoms with van der Waals surface area (Å²) in [5.41, 5.74) is 2.06. The van der Waals surface area contributed by atoms with E-state index in [0.29, 0.717) is 32.7 Å². The number of hydrogen-bond donors (Lipinski definition) is 1. The number of halogens is 3. The van der Waals surface area contributed by atoms with Crippen LogP contribution < -0.4 is 9.62 Å². The third kappa shape index (κ3) is 8.85. The molecule has 1 atom stereocenters. The van der Waals surface area contributed by atoms with Gasteiger partial charge in [-0.2, -0.15) is 0 Å². The molecule has 0 unspecified atom stereocenters. The third-order valence-electron chi connectivity index (χ3n) is 6.68. The van der Waals surface area contributed by atoms with Gasteiger partial charge in [0.05, 0.1) is 11.9 Å². The summed E-state index contributed by atoms with van der Waals surface area (Å²) in [7, 11) is -3.92. The van der Waals surface area contributed by atoms with E-state index in [1.165, 1.54) is 4.90 Å². The highest BCUT2D eigenvalue weighted by atomic mass is 35.5. The molecule has 2 amide bonds. The van der Waals surface area contributed by atoms with Crippen molar-refractivity contribution in [3.05, 3.63) is 98.5 Å². The van der Waals surface area contributed by atoms with Crippen molar-refractivity contribution in [2.45, 2.75) is 45.7 Å². The summed E-state index contributed by atoms with van der Waals surface area (Å²) in [6, 6.07) is 18.2. The van der Waals surface area contributed by atoms with Gasteiger partial charge in [0.15, 0.2) is 0 Å². The molecule has 0 bridgehead atoms. The maximum Gasteiger partial charge on any atom is 0.244 e. The molecule has 1 N–H and O–H groups in total. The van der Waals surface area contributed by atoms with Gasteiger partial charge in [-0.25, -0.2) is 8.42 Å². The van der Waals surface area contributed by atoms with Gasteiger partial charge in [-0.15, -0.1) is 0 Å². The zero-order valence-electron chi connectivity index (χ0n) is 23.2. The third-order valence-corrected chi connectivity index (χ3v) is 8.92. The number of nitrogens with one attached hydrogen (secondary N) is 1. The second-order valence-corrected chi connectivity index (χ2v) is 12.9. The molecule has 7 nitrogen and oxygen atoms in total. The van der Waals surface area contributed by atoms with E-state index < -0.39 is 28.5 Å². The Morgan fingerprint density at radius 1 is 0.902 bits per heavy atom. The van der Waals surface area contributed by atoms with Gasteiger partial charge in [0.25, 0.3) is 0 Å². The molecule has 0 spiro atoms. The van der Waals surface area contributed by atoms with Crippen LogP contribution in [0.1, 0.15) is 36.5 Å². The highest BCUT2D eigenvalue weighted by molar-refractivity contribution is 7.92. The maximum atomic E-state index is 14.2. The number of anilines is 1. The zero-order chi connectivity index (χ0) is 30.2. The van der Waals surface area contributed by atoms with Crippen LogP contribution in [0.3, 0.4) is 0 Å². The van der Waals surface area contributed by atoms with E-state index in [4.69, 9.17) is 34.8 Å². The first-order valence-electron chi connectivity index (χ1n) is 13.2. The molecule has 0 heterocycles. The van der Waals surface area contributed by atoms with Gasteiger partial charge in [0, 0.05) is 40.1 Å². The Hall–Kier alpha value is -2.78. The lowest BCUT2D eigenvalue weighted by atomic mass is 10.0. The van der Waals surface area contributed by atoms with Crippen molar-refractivity contribution in [3.8, 4) is 0 Å². The molecular weight excluding hydrogens is 605 g/mol. The first kappa shape index (κ1) is 32.7. The fourth-order valence-electron chi connectivity index (χ4n) is 4.37. The van der Waals surface area contributed by atoms with Gasteiger partial charge in [0.1, 0.15) is 12.6 Å². The molecule has 41 heavy (non-hydrogen) atoms. The van der Waals surface area contributed by atoms with Crippen molar-refractivity contribution in [1.82, 2.24) is 10.2 Å². The number of amides is 2. The van der Waals surface area contributed by atoms with E-state index in [-0.39, 0.29) is 24.6 Å². The number of carbonyl (C=O) groups is 2. The van der Waals surface area contributed by atoms with Gasteiger partial charge in [-0.1, -0.05) is 90.6 Å². The lowest BCUT2D eigenvalue weighted by Crippen LogP contribution is -2.53. The second-order valence-electron chi connectivity index (χ2n) is 9.73. The van der Waals surface area contributed by atoms with E-state index in [1.807, 2.05) is 37.3 Å². The van der Waals surface area contributed by atoms with E-state index in [0.717, 1.165) is 29.0 Å². The van der Waals surface area contributed by atoms with Crippen LogP contribution in [0.2, 0.25) is 15.1 Å². The number of unbranched alkanes of at least 4 members (excludes halogenated alkanes) is 1. The van der Waals surface area contributed by atoms with Gasteiger partial charge < -0.3 is 10.2 Å². The Balaban J connectivity index is 2.11. The Bertz CT molecular complexity index is 1450. The molecule has 0 radical (unpaired) electrons. The van der Waals surface area contributed by atoms with Crippen LogP contribution in [0.15, 0.2) is 66.7 Å². The van der Waals surface area contributed by atoms with Gasteiger partial charge in [-0.3, -0.25) is 13.9 Å². The fraction of sp³-hybridized carbons (Fsp3) is 0.333. The van der Waals surface area contributed by atoms with E-state index in [9.17, 15) is 18.0 Å². The molecule has 0 aromatic heterocycles. The molecule has 3 rings (SSSR count). The van der Waals surface area contributed by atoms with E-state index in [2.05, 4.69) is 5.32 Å². The number of nitrogens with zero attached hydrogens (tertiary/aromatic N) is 2. The average molecular weight is 639 g/mol. The molecule has 11 heteroatoms. The summed E-state index contributed by atoms with van der Waals surface area (Å²) in [6.07, 6.45) is 2.87. The van der Waals surface area contributed by atoms with Crippen LogP contribution >= 0.6 is 34.8 Å². The minimum atomic E-state index is -3.92. The van der Waals surface area contributed by atoms with Crippen LogP contribution in [0.4, 0.5) is 5.69 Å². The molecule has 0 saturated heterocycles. The van der Waals surface area contributed by atoms with Crippen LogP contribution in [-0.2, 0) is 32.6 Å². The topological polar surface area (TPSA) is 86.8 Å². The van der Waals surface area contributed by atoms with E-state index in [1.54, 1.807) is 43.3 Å². The van der Waals surface area contributed by atoms with Crippen LogP contribution in [0, 0.1) is 6.92 Å². The number of carbonyl (C=O) groups excluding carboxylic acids is 2. The molecule has 0 aliphatic heterocycles. The number of hydrogen-bond acceptors (Lipinski definition) is 4. The maximum absolute atomic E-state index is 14.2. The number of sulfonamides is 1. The molecule has 0 saturated carbocycles. The largest absolute Gasteiger partial charge is 0.354 e. The van der Waals surface area contributed by atoms with Crippen LogP contribution in [0.5, 0.6) is 0 Å². The van der Waals surface area contributed by atoms with E-state index >= 15 is 0 Å². The zero-order valence-corrected chi connectivity index (χ0v) is 26.3. The predicted molar refractivity (Wildman–Crippen MR) is 167 cm³/mol. The lowest BCUT2D eigenvalue weighted by Gasteiger charge is -2.34. The minimum Gasteiger partial charge on any atom is -0.354 e. The smallest absolute Gasteiger partial charge is 0.244 e. The quantitative estimate of drug-likeness (QED) is 0.223. The summed E-state index contributed by atoms with van der Waals surface area (Å²) in [5, 5.41) is 3.95. The Labute approximate surface area is 257 Å². The Kier molecular flexibility index (Phi) is 11.9. The summed E-state index contributed by atoms with van der Waals surface area (Å²) in [6.45, 7) is 3.46. The Morgan fingerprint density at radius 3 is 2.12 bits per heavy atom. The lowest BCUT2D eigenvalue weighted by molar-refractivity contribution is -0.140. The monoisotopic (exact) mass is 637 g/mol.